The summed E-state index contributed by atoms with van der Waals surface area (Å²) in [5, 5.41) is 0.563. The van der Waals surface area contributed by atoms with E-state index in [9.17, 15) is 9.18 Å². The molecule has 0 atom stereocenters. The molecule has 3 heteroatoms. The third-order valence-electron chi connectivity index (χ3n) is 2.70. The van der Waals surface area contributed by atoms with Gasteiger partial charge in [0.2, 0.25) is 0 Å². The summed E-state index contributed by atoms with van der Waals surface area (Å²) in [6, 6.07) is 6.04. The molecule has 0 radical (unpaired) electrons. The number of hydrogen-bond donors (Lipinski definition) is 0. The minimum atomic E-state index is -0.356. The summed E-state index contributed by atoms with van der Waals surface area (Å²) >= 11 is 0. The fraction of sp³-hybridized carbons (Fsp3) is 0.286. The van der Waals surface area contributed by atoms with Gasteiger partial charge in [-0.25, -0.2) is 4.39 Å². The Kier molecular flexibility index (Phi) is 2.69. The first-order chi connectivity index (χ1) is 7.91. The van der Waals surface area contributed by atoms with Crippen LogP contribution >= 0.6 is 0 Å². The van der Waals surface area contributed by atoms with E-state index in [2.05, 4.69) is 4.98 Å². The Hall–Kier alpha value is -1.77. The number of aldehydes is 1. The zero-order chi connectivity index (χ0) is 12.6. The van der Waals surface area contributed by atoms with Crippen molar-refractivity contribution >= 4 is 17.2 Å². The molecule has 0 bridgehead atoms. The molecule has 2 aromatic rings. The van der Waals surface area contributed by atoms with Crippen molar-refractivity contribution in [3.8, 4) is 0 Å². The van der Waals surface area contributed by atoms with Crippen LogP contribution in [-0.2, 0) is 5.41 Å². The van der Waals surface area contributed by atoms with Crippen molar-refractivity contribution in [3.63, 3.8) is 0 Å². The first-order valence-corrected chi connectivity index (χ1v) is 5.48. The van der Waals surface area contributed by atoms with E-state index in [0.29, 0.717) is 16.5 Å². The smallest absolute Gasteiger partial charge is 0.150 e. The van der Waals surface area contributed by atoms with Crippen LogP contribution < -0.4 is 0 Å². The summed E-state index contributed by atoms with van der Waals surface area (Å²) in [5.41, 5.74) is 1.83. The van der Waals surface area contributed by atoms with Crippen molar-refractivity contribution in [1.29, 1.82) is 0 Å². The number of pyridine rings is 1. The molecule has 2 nitrogen and oxygen atoms in total. The summed E-state index contributed by atoms with van der Waals surface area (Å²) < 4.78 is 13.1. The molecule has 0 fully saturated rings. The molecular formula is C14H14FNO. The summed E-state index contributed by atoms with van der Waals surface area (Å²) in [5.74, 6) is -0.356. The zero-order valence-corrected chi connectivity index (χ0v) is 10.1. The van der Waals surface area contributed by atoms with Gasteiger partial charge in [0.05, 0.1) is 5.52 Å². The lowest BCUT2D eigenvalue weighted by atomic mass is 9.90. The van der Waals surface area contributed by atoms with Crippen molar-refractivity contribution in [2.45, 2.75) is 26.2 Å². The van der Waals surface area contributed by atoms with Crippen LogP contribution in [0.5, 0.6) is 0 Å². The SMILES string of the molecule is CC(C)(C)c1cc(C=O)c2cc(F)ccc2n1. The molecule has 0 unspecified atom stereocenters. The van der Waals surface area contributed by atoms with Crippen LogP contribution in [0.4, 0.5) is 4.39 Å². The first kappa shape index (κ1) is 11.7. The quantitative estimate of drug-likeness (QED) is 0.703. The molecule has 0 aliphatic rings. The normalized spacial score (nSPS) is 11.8. The molecule has 0 aliphatic carbocycles. The second-order valence-corrected chi connectivity index (χ2v) is 5.13. The maximum atomic E-state index is 13.1. The van der Waals surface area contributed by atoms with E-state index in [4.69, 9.17) is 0 Å². The number of halogens is 1. The van der Waals surface area contributed by atoms with Gasteiger partial charge < -0.3 is 0 Å². The van der Waals surface area contributed by atoms with Crippen LogP contribution in [0.3, 0.4) is 0 Å². The van der Waals surface area contributed by atoms with Crippen molar-refractivity contribution in [1.82, 2.24) is 4.98 Å². The lowest BCUT2D eigenvalue weighted by Crippen LogP contribution is -2.14. The van der Waals surface area contributed by atoms with Crippen LogP contribution in [0.2, 0.25) is 0 Å². The maximum Gasteiger partial charge on any atom is 0.150 e. The van der Waals surface area contributed by atoms with Crippen molar-refractivity contribution < 1.29 is 9.18 Å². The Morgan fingerprint density at radius 1 is 1.24 bits per heavy atom. The predicted molar refractivity (Wildman–Crippen MR) is 65.8 cm³/mol. The predicted octanol–water partition coefficient (Wildman–Crippen LogP) is 3.48. The molecule has 0 aliphatic heterocycles. The number of aromatic nitrogens is 1. The van der Waals surface area contributed by atoms with Crippen LogP contribution in [0.25, 0.3) is 10.9 Å². The lowest BCUT2D eigenvalue weighted by Gasteiger charge is -2.18. The number of carbonyl (C=O) groups is 1. The summed E-state index contributed by atoms with van der Waals surface area (Å²) in [4.78, 5) is 15.5. The summed E-state index contributed by atoms with van der Waals surface area (Å²) in [6.07, 6.45) is 0.749. The zero-order valence-electron chi connectivity index (χ0n) is 10.1. The summed E-state index contributed by atoms with van der Waals surface area (Å²) in [7, 11) is 0. The molecule has 0 N–H and O–H groups in total. The van der Waals surface area contributed by atoms with Gasteiger partial charge in [0, 0.05) is 22.1 Å². The highest BCUT2D eigenvalue weighted by Crippen LogP contribution is 2.25. The number of benzene rings is 1. The topological polar surface area (TPSA) is 30.0 Å². The van der Waals surface area contributed by atoms with Crippen LogP contribution in [0.15, 0.2) is 24.3 Å². The minimum absolute atomic E-state index is 0.139. The molecule has 0 saturated heterocycles. The highest BCUT2D eigenvalue weighted by atomic mass is 19.1. The van der Waals surface area contributed by atoms with Crippen molar-refractivity contribution in [2.24, 2.45) is 0 Å². The third-order valence-corrected chi connectivity index (χ3v) is 2.70. The van der Waals surface area contributed by atoms with Crippen LogP contribution in [0.1, 0.15) is 36.8 Å². The van der Waals surface area contributed by atoms with E-state index >= 15 is 0 Å². The monoisotopic (exact) mass is 231 g/mol. The molecule has 88 valence electrons. The van der Waals surface area contributed by atoms with E-state index in [1.807, 2.05) is 20.8 Å². The van der Waals surface area contributed by atoms with Gasteiger partial charge in [0.15, 0.2) is 6.29 Å². The van der Waals surface area contributed by atoms with Crippen LogP contribution in [-0.4, -0.2) is 11.3 Å². The van der Waals surface area contributed by atoms with E-state index < -0.39 is 0 Å². The summed E-state index contributed by atoms with van der Waals surface area (Å²) in [6.45, 7) is 6.08. The van der Waals surface area contributed by atoms with E-state index in [1.165, 1.54) is 12.1 Å². The second kappa shape index (κ2) is 3.91. The van der Waals surface area contributed by atoms with Gasteiger partial charge in [-0.3, -0.25) is 9.78 Å². The van der Waals surface area contributed by atoms with E-state index in [1.54, 1.807) is 12.1 Å². The first-order valence-electron chi connectivity index (χ1n) is 5.48. The van der Waals surface area contributed by atoms with Crippen molar-refractivity contribution in [2.75, 3.05) is 0 Å². The number of rotatable bonds is 1. The number of carbonyl (C=O) groups excluding carboxylic acids is 1. The Morgan fingerprint density at radius 3 is 2.53 bits per heavy atom. The van der Waals surface area contributed by atoms with Gasteiger partial charge in [-0.2, -0.15) is 0 Å². The molecule has 0 saturated carbocycles. The number of nitrogens with zero attached hydrogens (tertiary/aromatic N) is 1. The van der Waals surface area contributed by atoms with Gasteiger partial charge in [0.25, 0.3) is 0 Å². The van der Waals surface area contributed by atoms with Crippen molar-refractivity contribution in [3.05, 3.63) is 41.3 Å². The molecule has 2 rings (SSSR count). The Bertz CT molecular complexity index is 585. The highest BCUT2D eigenvalue weighted by molar-refractivity contribution is 5.96. The average molecular weight is 231 g/mol. The lowest BCUT2D eigenvalue weighted by molar-refractivity contribution is 0.112. The number of hydrogen-bond acceptors (Lipinski definition) is 2. The molecule has 1 heterocycles. The second-order valence-electron chi connectivity index (χ2n) is 5.13. The number of fused-ring (bicyclic) bond motifs is 1. The van der Waals surface area contributed by atoms with Gasteiger partial charge >= 0.3 is 0 Å². The minimum Gasteiger partial charge on any atom is -0.298 e. The van der Waals surface area contributed by atoms with Gasteiger partial charge in [-0.05, 0) is 24.3 Å². The molecule has 1 aromatic heterocycles. The molecule has 0 amide bonds. The van der Waals surface area contributed by atoms with Crippen LogP contribution in [0, 0.1) is 5.82 Å². The standard InChI is InChI=1S/C14H14FNO/c1-14(2,3)13-6-9(8-17)11-7-10(15)4-5-12(11)16-13/h4-8H,1-3H3. The average Bonchev–Trinajstić information content (AvgIpc) is 2.26. The Labute approximate surface area is 99.5 Å². The molecule has 17 heavy (non-hydrogen) atoms. The molecule has 0 spiro atoms. The van der Waals surface area contributed by atoms with Gasteiger partial charge in [-0.15, -0.1) is 0 Å². The fourth-order valence-electron chi connectivity index (χ4n) is 1.71. The van der Waals surface area contributed by atoms with E-state index in [0.717, 1.165) is 12.0 Å². The Morgan fingerprint density at radius 2 is 1.94 bits per heavy atom. The maximum absolute atomic E-state index is 13.1. The van der Waals surface area contributed by atoms with E-state index in [-0.39, 0.29) is 11.2 Å². The highest BCUT2D eigenvalue weighted by Gasteiger charge is 2.17. The Balaban J connectivity index is 2.79. The van der Waals surface area contributed by atoms with Gasteiger partial charge in [0.1, 0.15) is 5.82 Å². The third kappa shape index (κ3) is 2.18. The molecular weight excluding hydrogens is 217 g/mol. The van der Waals surface area contributed by atoms with Gasteiger partial charge in [-0.1, -0.05) is 20.8 Å². The largest absolute Gasteiger partial charge is 0.298 e. The fourth-order valence-corrected chi connectivity index (χ4v) is 1.71. The molecule has 1 aromatic carbocycles.